The third-order valence-electron chi connectivity index (χ3n) is 4.55. The molecule has 3 N–H and O–H groups in total. The molecule has 30 heavy (non-hydrogen) atoms. The van der Waals surface area contributed by atoms with Gasteiger partial charge >= 0.3 is 6.09 Å². The lowest BCUT2D eigenvalue weighted by Crippen LogP contribution is -2.24. The third kappa shape index (κ3) is 3.70. The van der Waals surface area contributed by atoms with Gasteiger partial charge in [0.25, 0.3) is 5.91 Å². The Labute approximate surface area is 170 Å². The van der Waals surface area contributed by atoms with Crippen molar-refractivity contribution < 1.29 is 19.2 Å². The van der Waals surface area contributed by atoms with E-state index in [-0.39, 0.29) is 17.6 Å². The predicted molar refractivity (Wildman–Crippen MR) is 107 cm³/mol. The molecule has 2 amide bonds. The molecular weight excluding hydrogens is 388 g/mol. The van der Waals surface area contributed by atoms with E-state index in [0.29, 0.717) is 22.6 Å². The number of aryl methyl sites for hydroxylation is 1. The standard InChI is InChI=1S/C20H18N6O4/c1-11-6-7-13(17-24-19(30-25-17)12(2)22-20(28)29)9-14(11)23-18(27)15-10-21-16-5-3-4-8-26(15)16/h3-10,12,22H,1-2H3,(H,23,27)(H,28,29)/t12-/m1/s1. The SMILES string of the molecule is Cc1ccc(-c2noc([C@@H](C)NC(=O)O)n2)cc1NC(=O)c1cnc2ccccn12. The van der Waals surface area contributed by atoms with Crippen molar-refractivity contribution >= 4 is 23.3 Å². The number of nitrogens with zero attached hydrogens (tertiary/aromatic N) is 4. The van der Waals surface area contributed by atoms with Crippen LogP contribution < -0.4 is 10.6 Å². The zero-order valence-electron chi connectivity index (χ0n) is 16.2. The number of anilines is 1. The maximum Gasteiger partial charge on any atom is 0.405 e. The monoisotopic (exact) mass is 406 g/mol. The maximum absolute atomic E-state index is 12.8. The summed E-state index contributed by atoms with van der Waals surface area (Å²) < 4.78 is 6.86. The summed E-state index contributed by atoms with van der Waals surface area (Å²) >= 11 is 0. The molecule has 0 aliphatic heterocycles. The van der Waals surface area contributed by atoms with E-state index in [4.69, 9.17) is 9.63 Å². The molecule has 0 aliphatic rings. The number of hydrogen-bond donors (Lipinski definition) is 3. The highest BCUT2D eigenvalue weighted by atomic mass is 16.5. The lowest BCUT2D eigenvalue weighted by Gasteiger charge is -2.09. The van der Waals surface area contributed by atoms with Gasteiger partial charge in [0.05, 0.1) is 6.20 Å². The van der Waals surface area contributed by atoms with Crippen LogP contribution in [0.4, 0.5) is 10.5 Å². The minimum Gasteiger partial charge on any atom is -0.465 e. The number of pyridine rings is 1. The van der Waals surface area contributed by atoms with Gasteiger partial charge in [0, 0.05) is 17.4 Å². The molecule has 0 radical (unpaired) electrons. The van der Waals surface area contributed by atoms with Crippen LogP contribution in [-0.2, 0) is 0 Å². The molecule has 10 nitrogen and oxygen atoms in total. The Morgan fingerprint density at radius 3 is 2.87 bits per heavy atom. The van der Waals surface area contributed by atoms with E-state index in [1.165, 1.54) is 6.20 Å². The van der Waals surface area contributed by atoms with Crippen LogP contribution >= 0.6 is 0 Å². The molecule has 4 aromatic rings. The smallest absolute Gasteiger partial charge is 0.405 e. The number of nitrogens with one attached hydrogen (secondary N) is 2. The van der Waals surface area contributed by atoms with Crippen LogP contribution in [0.3, 0.4) is 0 Å². The number of carbonyl (C=O) groups excluding carboxylic acids is 1. The molecule has 152 valence electrons. The first-order valence-corrected chi connectivity index (χ1v) is 9.10. The van der Waals surface area contributed by atoms with E-state index in [1.54, 1.807) is 29.7 Å². The molecule has 0 bridgehead atoms. The molecule has 1 atom stereocenters. The molecule has 0 aliphatic carbocycles. The number of rotatable bonds is 5. The van der Waals surface area contributed by atoms with Crippen LogP contribution in [0.5, 0.6) is 0 Å². The summed E-state index contributed by atoms with van der Waals surface area (Å²) in [5.41, 5.74) is 3.14. The highest BCUT2D eigenvalue weighted by Gasteiger charge is 2.18. The average molecular weight is 406 g/mol. The Hall–Kier alpha value is -4.21. The van der Waals surface area contributed by atoms with Gasteiger partial charge in [-0.2, -0.15) is 4.98 Å². The van der Waals surface area contributed by atoms with Crippen molar-refractivity contribution in [3.05, 3.63) is 65.9 Å². The fourth-order valence-corrected chi connectivity index (χ4v) is 2.96. The number of carboxylic acid groups (broad SMARTS) is 1. The number of amides is 2. The van der Waals surface area contributed by atoms with Crippen molar-refractivity contribution in [2.75, 3.05) is 5.32 Å². The molecule has 0 spiro atoms. The van der Waals surface area contributed by atoms with E-state index in [2.05, 4.69) is 25.8 Å². The summed E-state index contributed by atoms with van der Waals surface area (Å²) in [6.45, 7) is 3.47. The van der Waals surface area contributed by atoms with Gasteiger partial charge in [-0.05, 0) is 37.6 Å². The third-order valence-corrected chi connectivity index (χ3v) is 4.55. The zero-order chi connectivity index (χ0) is 21.3. The van der Waals surface area contributed by atoms with Crippen molar-refractivity contribution in [3.63, 3.8) is 0 Å². The van der Waals surface area contributed by atoms with Crippen LogP contribution in [0.2, 0.25) is 0 Å². The number of aromatic nitrogens is 4. The second-order valence-electron chi connectivity index (χ2n) is 6.68. The van der Waals surface area contributed by atoms with Gasteiger partial charge in [0.1, 0.15) is 17.4 Å². The minimum absolute atomic E-state index is 0.143. The Kier molecular flexibility index (Phi) is 4.88. The summed E-state index contributed by atoms with van der Waals surface area (Å²) in [5.74, 6) is 0.126. The lowest BCUT2D eigenvalue weighted by atomic mass is 10.1. The number of fused-ring (bicyclic) bond motifs is 1. The average Bonchev–Trinajstić information content (AvgIpc) is 3.36. The first-order valence-electron chi connectivity index (χ1n) is 9.10. The topological polar surface area (TPSA) is 135 Å². The van der Waals surface area contributed by atoms with Crippen LogP contribution in [0.1, 0.15) is 34.9 Å². The van der Waals surface area contributed by atoms with Gasteiger partial charge in [0.2, 0.25) is 11.7 Å². The zero-order valence-corrected chi connectivity index (χ0v) is 16.2. The summed E-state index contributed by atoms with van der Waals surface area (Å²) in [6, 6.07) is 10.2. The van der Waals surface area contributed by atoms with E-state index in [1.807, 2.05) is 31.2 Å². The highest BCUT2D eigenvalue weighted by Crippen LogP contribution is 2.25. The molecule has 0 saturated heterocycles. The van der Waals surface area contributed by atoms with Gasteiger partial charge < -0.3 is 20.3 Å². The van der Waals surface area contributed by atoms with Gasteiger partial charge in [-0.3, -0.25) is 9.20 Å². The highest BCUT2D eigenvalue weighted by molar-refractivity contribution is 6.04. The van der Waals surface area contributed by atoms with Gasteiger partial charge in [-0.15, -0.1) is 0 Å². The van der Waals surface area contributed by atoms with Crippen molar-refractivity contribution in [3.8, 4) is 11.4 Å². The molecular formula is C20H18N6O4. The van der Waals surface area contributed by atoms with Crippen molar-refractivity contribution in [2.24, 2.45) is 0 Å². The summed E-state index contributed by atoms with van der Waals surface area (Å²) in [6.07, 6.45) is 2.11. The lowest BCUT2D eigenvalue weighted by molar-refractivity contribution is 0.102. The summed E-state index contributed by atoms with van der Waals surface area (Å²) in [4.78, 5) is 32.1. The van der Waals surface area contributed by atoms with Crippen molar-refractivity contribution in [1.29, 1.82) is 0 Å². The van der Waals surface area contributed by atoms with Crippen LogP contribution in [-0.4, -0.2) is 36.6 Å². The van der Waals surface area contributed by atoms with Gasteiger partial charge in [-0.1, -0.05) is 23.4 Å². The molecule has 0 unspecified atom stereocenters. The Balaban J connectivity index is 1.59. The second kappa shape index (κ2) is 7.66. The molecule has 1 aromatic carbocycles. The molecule has 10 heteroatoms. The fourth-order valence-electron chi connectivity index (χ4n) is 2.96. The van der Waals surface area contributed by atoms with Crippen LogP contribution in [0.15, 0.2) is 53.3 Å². The molecule has 3 heterocycles. The maximum atomic E-state index is 12.8. The fraction of sp³-hybridized carbons (Fsp3) is 0.150. The van der Waals surface area contributed by atoms with Crippen molar-refractivity contribution in [1.82, 2.24) is 24.8 Å². The van der Waals surface area contributed by atoms with E-state index < -0.39 is 12.1 Å². The molecule has 0 saturated carbocycles. The first-order chi connectivity index (χ1) is 14.4. The Bertz CT molecular complexity index is 1250. The second-order valence-corrected chi connectivity index (χ2v) is 6.68. The van der Waals surface area contributed by atoms with E-state index >= 15 is 0 Å². The number of hydrogen-bond acceptors (Lipinski definition) is 6. The van der Waals surface area contributed by atoms with Crippen LogP contribution in [0.25, 0.3) is 17.0 Å². The van der Waals surface area contributed by atoms with Crippen LogP contribution in [0, 0.1) is 6.92 Å². The van der Waals surface area contributed by atoms with Gasteiger partial charge in [-0.25, -0.2) is 9.78 Å². The Morgan fingerprint density at radius 2 is 2.07 bits per heavy atom. The molecule has 3 aromatic heterocycles. The van der Waals surface area contributed by atoms with Crippen molar-refractivity contribution in [2.45, 2.75) is 19.9 Å². The van der Waals surface area contributed by atoms with Gasteiger partial charge in [0.15, 0.2) is 0 Å². The summed E-state index contributed by atoms with van der Waals surface area (Å²) in [7, 11) is 0. The quantitative estimate of drug-likeness (QED) is 0.463. The number of imidazole rings is 1. The van der Waals surface area contributed by atoms with E-state index in [9.17, 15) is 9.59 Å². The Morgan fingerprint density at radius 1 is 1.23 bits per heavy atom. The normalized spacial score (nSPS) is 11.9. The summed E-state index contributed by atoms with van der Waals surface area (Å²) in [5, 5.41) is 17.9. The first kappa shape index (κ1) is 19.1. The number of carbonyl (C=O) groups is 2. The molecule has 4 rings (SSSR count). The number of benzene rings is 1. The predicted octanol–water partition coefficient (Wildman–Crippen LogP) is 3.27. The molecule has 0 fully saturated rings. The minimum atomic E-state index is -1.19. The van der Waals surface area contributed by atoms with E-state index in [0.717, 1.165) is 5.56 Å². The largest absolute Gasteiger partial charge is 0.465 e.